The van der Waals surface area contributed by atoms with E-state index >= 15 is 0 Å². The molecule has 3 N–H and O–H groups in total. The standard InChI is InChI=1S/C17H22N4O2S2/c1-12-18-17(25-21-12)14(10-6-3-7-11-15(24)20-23)16(22)19-13-8-4-2-5-9-13/h2,4-5,8-9,14,23H,3,6-7,10-11H2,1H3,(H,19,22)(H,20,24). The van der Waals surface area contributed by atoms with Crippen molar-refractivity contribution in [3.8, 4) is 0 Å². The smallest absolute Gasteiger partial charge is 0.234 e. The van der Waals surface area contributed by atoms with Crippen LogP contribution in [0.3, 0.4) is 0 Å². The highest BCUT2D eigenvalue weighted by Gasteiger charge is 2.24. The number of nitrogens with zero attached hydrogens (tertiary/aromatic N) is 2. The molecule has 0 fully saturated rings. The van der Waals surface area contributed by atoms with Gasteiger partial charge in [0.2, 0.25) is 5.91 Å². The molecule has 1 unspecified atom stereocenters. The maximum Gasteiger partial charge on any atom is 0.234 e. The molecule has 1 amide bonds. The second-order valence-electron chi connectivity index (χ2n) is 5.72. The van der Waals surface area contributed by atoms with Gasteiger partial charge in [-0.2, -0.15) is 4.37 Å². The highest BCUT2D eigenvalue weighted by atomic mass is 32.1. The van der Waals surface area contributed by atoms with Gasteiger partial charge in [0.1, 0.15) is 15.8 Å². The summed E-state index contributed by atoms with van der Waals surface area (Å²) in [6, 6.07) is 9.41. The molecule has 0 radical (unpaired) electrons. The Labute approximate surface area is 156 Å². The molecule has 0 aliphatic heterocycles. The first-order valence-corrected chi connectivity index (χ1v) is 9.37. The van der Waals surface area contributed by atoms with E-state index in [-0.39, 0.29) is 11.8 Å². The van der Waals surface area contributed by atoms with Crippen molar-refractivity contribution < 1.29 is 10.0 Å². The summed E-state index contributed by atoms with van der Waals surface area (Å²) in [6.45, 7) is 1.83. The van der Waals surface area contributed by atoms with Crippen LogP contribution in [-0.4, -0.2) is 25.5 Å². The van der Waals surface area contributed by atoms with E-state index in [1.807, 2.05) is 42.7 Å². The number of benzene rings is 1. The fraction of sp³-hybridized carbons (Fsp3) is 0.412. The minimum absolute atomic E-state index is 0.0603. The molecule has 0 saturated carbocycles. The van der Waals surface area contributed by atoms with E-state index in [4.69, 9.17) is 17.4 Å². The van der Waals surface area contributed by atoms with Gasteiger partial charge in [0, 0.05) is 5.69 Å². The molecule has 1 heterocycles. The average molecular weight is 379 g/mol. The van der Waals surface area contributed by atoms with Crippen LogP contribution in [0.1, 0.15) is 48.9 Å². The van der Waals surface area contributed by atoms with E-state index in [2.05, 4.69) is 14.7 Å². The first-order chi connectivity index (χ1) is 12.1. The fourth-order valence-corrected chi connectivity index (χ4v) is 3.37. The van der Waals surface area contributed by atoms with E-state index in [1.165, 1.54) is 11.5 Å². The summed E-state index contributed by atoms with van der Waals surface area (Å²) in [5.41, 5.74) is 2.77. The maximum absolute atomic E-state index is 12.7. The zero-order valence-electron chi connectivity index (χ0n) is 14.1. The van der Waals surface area contributed by atoms with Crippen molar-refractivity contribution in [3.63, 3.8) is 0 Å². The summed E-state index contributed by atoms with van der Waals surface area (Å²) in [5, 5.41) is 12.4. The van der Waals surface area contributed by atoms with Crippen LogP contribution in [0.25, 0.3) is 0 Å². The number of carbonyl (C=O) groups is 1. The number of unbranched alkanes of at least 4 members (excludes halogenated alkanes) is 2. The van der Waals surface area contributed by atoms with Gasteiger partial charge in [-0.05, 0) is 49.9 Å². The number of para-hydroxylation sites is 1. The van der Waals surface area contributed by atoms with Gasteiger partial charge in [-0.15, -0.1) is 0 Å². The predicted molar refractivity (Wildman–Crippen MR) is 103 cm³/mol. The second-order valence-corrected chi connectivity index (χ2v) is 7.00. The van der Waals surface area contributed by atoms with E-state index in [9.17, 15) is 4.79 Å². The number of amides is 1. The number of hydrogen-bond acceptors (Lipinski definition) is 6. The SMILES string of the molecule is Cc1nsc(C(CCCCCC(=S)NO)C(=O)Nc2ccccc2)n1. The minimum Gasteiger partial charge on any atom is -0.325 e. The van der Waals surface area contributed by atoms with E-state index in [0.717, 1.165) is 30.0 Å². The van der Waals surface area contributed by atoms with Crippen LogP contribution < -0.4 is 10.8 Å². The first kappa shape index (κ1) is 19.4. The fourth-order valence-electron chi connectivity index (χ4n) is 2.44. The lowest BCUT2D eigenvalue weighted by Crippen LogP contribution is -2.21. The number of hydrogen-bond donors (Lipinski definition) is 3. The van der Waals surface area contributed by atoms with Gasteiger partial charge in [0.05, 0.1) is 5.92 Å². The maximum atomic E-state index is 12.7. The van der Waals surface area contributed by atoms with Crippen LogP contribution in [0.15, 0.2) is 30.3 Å². The molecular weight excluding hydrogens is 356 g/mol. The minimum atomic E-state index is -0.311. The molecule has 8 heteroatoms. The lowest BCUT2D eigenvalue weighted by atomic mass is 10.00. The summed E-state index contributed by atoms with van der Waals surface area (Å²) >= 11 is 6.19. The van der Waals surface area contributed by atoms with Gasteiger partial charge >= 0.3 is 0 Å². The van der Waals surface area contributed by atoms with E-state index < -0.39 is 0 Å². The predicted octanol–water partition coefficient (Wildman–Crippen LogP) is 3.83. The third-order valence-electron chi connectivity index (χ3n) is 3.72. The van der Waals surface area contributed by atoms with Gasteiger partial charge in [0.25, 0.3) is 0 Å². The summed E-state index contributed by atoms with van der Waals surface area (Å²) in [4.78, 5) is 17.5. The number of rotatable bonds is 9. The molecule has 0 bridgehead atoms. The third kappa shape index (κ3) is 6.49. The third-order valence-corrected chi connectivity index (χ3v) is 4.93. The highest BCUT2D eigenvalue weighted by molar-refractivity contribution is 7.80. The second kappa shape index (κ2) is 10.2. The molecule has 2 rings (SSSR count). The Bertz CT molecular complexity index is 691. The summed E-state index contributed by atoms with van der Waals surface area (Å²) in [5.74, 6) is 0.320. The molecule has 0 aliphatic rings. The number of aryl methyl sites for hydroxylation is 1. The van der Waals surface area contributed by atoms with Crippen LogP contribution in [0.5, 0.6) is 0 Å². The molecule has 1 atom stereocenters. The van der Waals surface area contributed by atoms with E-state index in [1.54, 1.807) is 0 Å². The van der Waals surface area contributed by atoms with Crippen LogP contribution in [-0.2, 0) is 4.79 Å². The number of nitrogens with one attached hydrogen (secondary N) is 2. The molecular formula is C17H22N4O2S2. The molecule has 1 aromatic carbocycles. The first-order valence-electron chi connectivity index (χ1n) is 8.19. The molecule has 6 nitrogen and oxygen atoms in total. The average Bonchev–Trinajstić information content (AvgIpc) is 3.04. The topological polar surface area (TPSA) is 87.1 Å². The van der Waals surface area contributed by atoms with Crippen molar-refractivity contribution in [2.24, 2.45) is 0 Å². The molecule has 2 aromatic rings. The zero-order valence-corrected chi connectivity index (χ0v) is 15.7. The van der Waals surface area contributed by atoms with Crippen molar-refractivity contribution >= 4 is 40.3 Å². The Balaban J connectivity index is 1.94. The molecule has 0 saturated heterocycles. The van der Waals surface area contributed by atoms with E-state index in [0.29, 0.717) is 23.7 Å². The Morgan fingerprint density at radius 1 is 1.28 bits per heavy atom. The van der Waals surface area contributed by atoms with Crippen molar-refractivity contribution in [2.75, 3.05) is 5.32 Å². The van der Waals surface area contributed by atoms with Crippen molar-refractivity contribution in [1.29, 1.82) is 0 Å². The van der Waals surface area contributed by atoms with Crippen LogP contribution in [0.2, 0.25) is 0 Å². The molecule has 25 heavy (non-hydrogen) atoms. The summed E-state index contributed by atoms with van der Waals surface area (Å²) in [6.07, 6.45) is 4.01. The number of carbonyl (C=O) groups excluding carboxylic acids is 1. The zero-order chi connectivity index (χ0) is 18.1. The normalized spacial score (nSPS) is 11.8. The Morgan fingerprint density at radius 3 is 2.68 bits per heavy atom. The number of hydroxylamine groups is 1. The number of aromatic nitrogens is 2. The van der Waals surface area contributed by atoms with Crippen molar-refractivity contribution in [3.05, 3.63) is 41.2 Å². The van der Waals surface area contributed by atoms with Gasteiger partial charge in [-0.3, -0.25) is 15.5 Å². The largest absolute Gasteiger partial charge is 0.325 e. The van der Waals surface area contributed by atoms with Crippen LogP contribution in [0.4, 0.5) is 5.69 Å². The molecule has 0 spiro atoms. The Kier molecular flexibility index (Phi) is 7.90. The van der Waals surface area contributed by atoms with Crippen molar-refractivity contribution in [1.82, 2.24) is 14.8 Å². The van der Waals surface area contributed by atoms with Gasteiger partial charge in [0.15, 0.2) is 0 Å². The quantitative estimate of drug-likeness (QED) is 0.349. The van der Waals surface area contributed by atoms with Gasteiger partial charge < -0.3 is 5.32 Å². The molecule has 0 aliphatic carbocycles. The summed E-state index contributed by atoms with van der Waals surface area (Å²) in [7, 11) is 0. The highest BCUT2D eigenvalue weighted by Crippen LogP contribution is 2.26. The Morgan fingerprint density at radius 2 is 2.04 bits per heavy atom. The van der Waals surface area contributed by atoms with Crippen LogP contribution >= 0.6 is 23.8 Å². The summed E-state index contributed by atoms with van der Waals surface area (Å²) < 4.78 is 4.20. The number of anilines is 1. The van der Waals surface area contributed by atoms with Gasteiger partial charge in [-0.1, -0.05) is 43.3 Å². The molecule has 134 valence electrons. The Hall–Kier alpha value is -1.90. The number of thiocarbonyl (C=S) groups is 1. The van der Waals surface area contributed by atoms with Crippen molar-refractivity contribution in [2.45, 2.75) is 44.9 Å². The van der Waals surface area contributed by atoms with Gasteiger partial charge in [-0.25, -0.2) is 4.98 Å². The monoisotopic (exact) mass is 378 g/mol. The lowest BCUT2D eigenvalue weighted by Gasteiger charge is -2.14. The van der Waals surface area contributed by atoms with Crippen LogP contribution in [0, 0.1) is 6.92 Å². The lowest BCUT2D eigenvalue weighted by molar-refractivity contribution is -0.117. The molecule has 1 aromatic heterocycles.